The average molecular weight is 242 g/mol. The van der Waals surface area contributed by atoms with E-state index in [1.165, 1.54) is 0 Å². The van der Waals surface area contributed by atoms with Crippen molar-refractivity contribution in [3.8, 4) is 0 Å². The first kappa shape index (κ1) is 13.2. The Bertz CT molecular complexity index is 443. The third-order valence-corrected chi connectivity index (χ3v) is 4.47. The molecule has 0 aromatic heterocycles. The van der Waals surface area contributed by atoms with Crippen molar-refractivity contribution in [2.75, 3.05) is 0 Å². The van der Waals surface area contributed by atoms with Gasteiger partial charge in [0.25, 0.3) is 10.1 Å². The Morgan fingerprint density at radius 3 is 2.62 bits per heavy atom. The molecule has 1 N–H and O–H groups in total. The highest BCUT2D eigenvalue weighted by molar-refractivity contribution is 7.87. The van der Waals surface area contributed by atoms with Gasteiger partial charge in [-0.15, -0.1) is 0 Å². The molecule has 0 aromatic rings. The van der Waals surface area contributed by atoms with Crippen LogP contribution < -0.4 is 0 Å². The van der Waals surface area contributed by atoms with E-state index in [9.17, 15) is 13.0 Å². The molecule has 0 heterocycles. The van der Waals surface area contributed by atoms with Crippen LogP contribution in [0.1, 0.15) is 33.1 Å². The van der Waals surface area contributed by atoms with Gasteiger partial charge in [0.05, 0.1) is 0 Å². The molecule has 0 saturated carbocycles. The molecule has 1 rings (SSSR count). The van der Waals surface area contributed by atoms with Gasteiger partial charge in [0.2, 0.25) is 0 Å². The summed E-state index contributed by atoms with van der Waals surface area (Å²) >= 11 is 0. The van der Waals surface area contributed by atoms with Gasteiger partial charge in [0.15, 0.2) is 0 Å². The molecule has 4 heteroatoms. The summed E-state index contributed by atoms with van der Waals surface area (Å²) in [5.41, 5.74) is 1.56. The number of hydrogen-bond donors (Lipinski definition) is 1. The molecule has 0 unspecified atom stereocenters. The second kappa shape index (κ2) is 4.55. The van der Waals surface area contributed by atoms with Crippen LogP contribution in [-0.2, 0) is 10.1 Å². The summed E-state index contributed by atoms with van der Waals surface area (Å²) < 4.78 is 31.2. The second-order valence-corrected chi connectivity index (χ2v) is 5.88. The molecule has 0 bridgehead atoms. The molecule has 0 aliphatic heterocycles. The van der Waals surface area contributed by atoms with Crippen molar-refractivity contribution in [2.45, 2.75) is 37.9 Å². The van der Waals surface area contributed by atoms with Gasteiger partial charge in [0, 0.05) is 0 Å². The quantitative estimate of drug-likeness (QED) is 0.609. The highest BCUT2D eigenvalue weighted by Crippen LogP contribution is 2.36. The van der Waals surface area contributed by atoms with Gasteiger partial charge in [-0.2, -0.15) is 8.42 Å². The Morgan fingerprint density at radius 1 is 1.62 bits per heavy atom. The Labute approximate surface area is 97.3 Å². The first-order valence-electron chi connectivity index (χ1n) is 5.35. The van der Waals surface area contributed by atoms with Gasteiger partial charge in [-0.1, -0.05) is 43.7 Å². The van der Waals surface area contributed by atoms with E-state index in [0.29, 0.717) is 12.0 Å². The van der Waals surface area contributed by atoms with Gasteiger partial charge in [0.1, 0.15) is 4.75 Å². The third kappa shape index (κ3) is 2.28. The standard InChI is InChI=1S/C12H18O3S/c1-4-5-11(3)12(16(13,14)15)8-6-10(2)7-9-12/h6-8H,3-5,9H2,1-2H3,(H,13,14,15)/t12-/m0/s1. The van der Waals surface area contributed by atoms with E-state index in [2.05, 4.69) is 6.58 Å². The van der Waals surface area contributed by atoms with Crippen LogP contribution in [0.5, 0.6) is 0 Å². The number of rotatable bonds is 4. The van der Waals surface area contributed by atoms with Crippen molar-refractivity contribution >= 4 is 10.1 Å². The fourth-order valence-corrected chi connectivity index (χ4v) is 2.86. The van der Waals surface area contributed by atoms with Crippen LogP contribution in [0.4, 0.5) is 0 Å². The molecule has 3 nitrogen and oxygen atoms in total. The maximum absolute atomic E-state index is 11.5. The zero-order chi connectivity index (χ0) is 12.4. The van der Waals surface area contributed by atoms with E-state index < -0.39 is 14.9 Å². The Hall–Kier alpha value is -0.870. The molecule has 16 heavy (non-hydrogen) atoms. The summed E-state index contributed by atoms with van der Waals surface area (Å²) in [7, 11) is -4.16. The van der Waals surface area contributed by atoms with E-state index in [0.717, 1.165) is 12.0 Å². The molecule has 0 fully saturated rings. The topological polar surface area (TPSA) is 54.4 Å². The predicted octanol–water partition coefficient (Wildman–Crippen LogP) is 2.88. The van der Waals surface area contributed by atoms with Gasteiger partial charge >= 0.3 is 0 Å². The lowest BCUT2D eigenvalue weighted by molar-refractivity contribution is 0.454. The SMILES string of the molecule is C=C(CCC)[C@]1(S(=O)(=O)O)C=CC(C)=CC1. The molecule has 0 spiro atoms. The predicted molar refractivity (Wildman–Crippen MR) is 65.8 cm³/mol. The molecule has 0 amide bonds. The smallest absolute Gasteiger partial charge is 0.278 e. The molecule has 0 saturated heterocycles. The maximum Gasteiger partial charge on any atom is 0.278 e. The zero-order valence-electron chi connectivity index (χ0n) is 9.73. The van der Waals surface area contributed by atoms with Gasteiger partial charge in [-0.05, 0) is 25.3 Å². The van der Waals surface area contributed by atoms with E-state index in [1.807, 2.05) is 19.9 Å². The molecule has 1 aliphatic rings. The first-order valence-corrected chi connectivity index (χ1v) is 6.79. The zero-order valence-corrected chi connectivity index (χ0v) is 10.5. The summed E-state index contributed by atoms with van der Waals surface area (Å²) in [5.74, 6) is 0. The molecule has 90 valence electrons. The summed E-state index contributed by atoms with van der Waals surface area (Å²) in [5, 5.41) is 0. The van der Waals surface area contributed by atoms with E-state index in [4.69, 9.17) is 0 Å². The fraction of sp³-hybridized carbons (Fsp3) is 0.500. The van der Waals surface area contributed by atoms with Crippen molar-refractivity contribution in [1.29, 1.82) is 0 Å². The summed E-state index contributed by atoms with van der Waals surface area (Å²) in [6.07, 6.45) is 6.76. The van der Waals surface area contributed by atoms with Crippen LogP contribution >= 0.6 is 0 Å². The van der Waals surface area contributed by atoms with Gasteiger partial charge < -0.3 is 0 Å². The molecular weight excluding hydrogens is 224 g/mol. The molecular formula is C12H18O3S. The highest BCUT2D eigenvalue weighted by Gasteiger charge is 2.42. The van der Waals surface area contributed by atoms with Crippen LogP contribution in [0.2, 0.25) is 0 Å². The number of allylic oxidation sites excluding steroid dienone is 3. The molecule has 1 aliphatic carbocycles. The van der Waals surface area contributed by atoms with E-state index in [1.54, 1.807) is 12.2 Å². The van der Waals surface area contributed by atoms with Crippen LogP contribution in [-0.4, -0.2) is 17.7 Å². The van der Waals surface area contributed by atoms with Crippen molar-refractivity contribution in [3.63, 3.8) is 0 Å². The average Bonchev–Trinajstić information content (AvgIpc) is 2.17. The van der Waals surface area contributed by atoms with Crippen molar-refractivity contribution in [1.82, 2.24) is 0 Å². The van der Waals surface area contributed by atoms with Crippen LogP contribution in [0.25, 0.3) is 0 Å². The summed E-state index contributed by atoms with van der Waals surface area (Å²) in [6.45, 7) is 7.66. The third-order valence-electron chi connectivity index (χ3n) is 2.95. The number of hydrogen-bond acceptors (Lipinski definition) is 2. The van der Waals surface area contributed by atoms with Gasteiger partial charge in [-0.25, -0.2) is 0 Å². The van der Waals surface area contributed by atoms with Crippen LogP contribution in [0.3, 0.4) is 0 Å². The minimum absolute atomic E-state index is 0.271. The van der Waals surface area contributed by atoms with E-state index >= 15 is 0 Å². The fourth-order valence-electron chi connectivity index (χ4n) is 1.86. The van der Waals surface area contributed by atoms with Gasteiger partial charge in [-0.3, -0.25) is 4.55 Å². The first-order chi connectivity index (χ1) is 7.33. The summed E-state index contributed by atoms with van der Waals surface area (Å²) in [4.78, 5) is 0. The normalized spacial score (nSPS) is 25.3. The van der Waals surface area contributed by atoms with Crippen molar-refractivity contribution in [2.24, 2.45) is 0 Å². The lowest BCUT2D eigenvalue weighted by atomic mass is 9.88. The van der Waals surface area contributed by atoms with Crippen molar-refractivity contribution < 1.29 is 13.0 Å². The highest BCUT2D eigenvalue weighted by atomic mass is 32.2. The molecule has 0 aromatic carbocycles. The van der Waals surface area contributed by atoms with Crippen LogP contribution in [0, 0.1) is 0 Å². The Balaban J connectivity index is 3.17. The Morgan fingerprint density at radius 2 is 2.25 bits per heavy atom. The van der Waals surface area contributed by atoms with Crippen molar-refractivity contribution in [3.05, 3.63) is 36.0 Å². The lowest BCUT2D eigenvalue weighted by Crippen LogP contribution is -2.38. The Kier molecular flexibility index (Phi) is 3.76. The minimum atomic E-state index is -4.16. The van der Waals surface area contributed by atoms with E-state index in [-0.39, 0.29) is 6.42 Å². The molecule has 0 radical (unpaired) electrons. The lowest BCUT2D eigenvalue weighted by Gasteiger charge is -2.30. The molecule has 1 atom stereocenters. The largest absolute Gasteiger partial charge is 0.285 e. The maximum atomic E-state index is 11.5. The summed E-state index contributed by atoms with van der Waals surface area (Å²) in [6, 6.07) is 0. The monoisotopic (exact) mass is 242 g/mol. The minimum Gasteiger partial charge on any atom is -0.285 e. The second-order valence-electron chi connectivity index (χ2n) is 4.20. The van der Waals surface area contributed by atoms with Crippen LogP contribution in [0.15, 0.2) is 36.0 Å².